The van der Waals surface area contributed by atoms with Gasteiger partial charge in [-0.05, 0) is 61.9 Å². The maximum Gasteiger partial charge on any atom is 0.387 e. The van der Waals surface area contributed by atoms with Gasteiger partial charge in [0.2, 0.25) is 15.9 Å². The van der Waals surface area contributed by atoms with Crippen LogP contribution in [0, 0.1) is 0 Å². The third-order valence-corrected chi connectivity index (χ3v) is 7.06. The summed E-state index contributed by atoms with van der Waals surface area (Å²) < 4.78 is 61.1. The molecule has 0 aliphatic carbocycles. The topological polar surface area (TPSA) is 88.2 Å². The minimum Gasteiger partial charge on any atom is -0.493 e. The SMILES string of the molecule is COc1cc(CN(C)CC(=O)Nc2ccc(S(=O)(=O)N3CCCC3)cc2)ccc1OC(F)F. The van der Waals surface area contributed by atoms with Crippen LogP contribution in [0.4, 0.5) is 14.5 Å². The molecule has 0 spiro atoms. The molecule has 2 aromatic carbocycles. The molecular weight excluding hydrogens is 456 g/mol. The zero-order chi connectivity index (χ0) is 24.0. The first kappa shape index (κ1) is 24.9. The summed E-state index contributed by atoms with van der Waals surface area (Å²) in [5.41, 5.74) is 1.24. The summed E-state index contributed by atoms with van der Waals surface area (Å²) in [6, 6.07) is 10.7. The fraction of sp³-hybridized carbons (Fsp3) is 0.409. The predicted molar refractivity (Wildman–Crippen MR) is 119 cm³/mol. The number of ether oxygens (including phenoxy) is 2. The van der Waals surface area contributed by atoms with Crippen LogP contribution < -0.4 is 14.8 Å². The number of hydrogen-bond donors (Lipinski definition) is 1. The van der Waals surface area contributed by atoms with Gasteiger partial charge < -0.3 is 14.8 Å². The largest absolute Gasteiger partial charge is 0.493 e. The zero-order valence-electron chi connectivity index (χ0n) is 18.5. The van der Waals surface area contributed by atoms with Gasteiger partial charge in [-0.1, -0.05) is 6.07 Å². The molecule has 0 radical (unpaired) electrons. The lowest BCUT2D eigenvalue weighted by atomic mass is 10.2. The summed E-state index contributed by atoms with van der Waals surface area (Å²) in [5, 5.41) is 2.74. The normalized spacial score (nSPS) is 14.6. The van der Waals surface area contributed by atoms with E-state index in [1.165, 1.54) is 29.6 Å². The molecule has 33 heavy (non-hydrogen) atoms. The van der Waals surface area contributed by atoms with Crippen molar-refractivity contribution in [1.29, 1.82) is 0 Å². The monoisotopic (exact) mass is 483 g/mol. The summed E-state index contributed by atoms with van der Waals surface area (Å²) in [6.07, 6.45) is 1.72. The van der Waals surface area contributed by atoms with Crippen molar-refractivity contribution in [2.45, 2.75) is 30.9 Å². The van der Waals surface area contributed by atoms with Crippen LogP contribution in [0.15, 0.2) is 47.4 Å². The Bertz CT molecular complexity index is 1060. The number of methoxy groups -OCH3 is 1. The number of hydrogen-bond acceptors (Lipinski definition) is 6. The van der Waals surface area contributed by atoms with E-state index < -0.39 is 16.6 Å². The fourth-order valence-corrected chi connectivity index (χ4v) is 5.12. The Labute approximate surface area is 192 Å². The Morgan fingerprint density at radius 2 is 1.79 bits per heavy atom. The van der Waals surface area contributed by atoms with E-state index in [4.69, 9.17) is 4.74 Å². The second-order valence-electron chi connectivity index (χ2n) is 7.72. The molecule has 1 heterocycles. The molecule has 1 fully saturated rings. The molecule has 0 bridgehead atoms. The number of nitrogens with zero attached hydrogens (tertiary/aromatic N) is 2. The van der Waals surface area contributed by atoms with Crippen molar-refractivity contribution in [3.8, 4) is 11.5 Å². The summed E-state index contributed by atoms with van der Waals surface area (Å²) in [4.78, 5) is 14.3. The van der Waals surface area contributed by atoms with E-state index in [9.17, 15) is 22.0 Å². The minimum absolute atomic E-state index is 0.0609. The van der Waals surface area contributed by atoms with Crippen LogP contribution in [0.1, 0.15) is 18.4 Å². The Morgan fingerprint density at radius 3 is 2.39 bits per heavy atom. The Kier molecular flexibility index (Phi) is 8.22. The molecule has 0 atom stereocenters. The van der Waals surface area contributed by atoms with Crippen molar-refractivity contribution in [1.82, 2.24) is 9.21 Å². The minimum atomic E-state index is -3.50. The molecule has 1 aliphatic rings. The smallest absolute Gasteiger partial charge is 0.387 e. The number of rotatable bonds is 10. The van der Waals surface area contributed by atoms with E-state index in [0.717, 1.165) is 18.4 Å². The summed E-state index contributed by atoms with van der Waals surface area (Å²) in [7, 11) is -0.407. The van der Waals surface area contributed by atoms with Gasteiger partial charge in [0.1, 0.15) is 0 Å². The van der Waals surface area contributed by atoms with E-state index in [1.807, 2.05) is 0 Å². The number of likely N-dealkylation sites (N-methyl/N-ethyl adjacent to an activating group) is 1. The molecular formula is C22H27F2N3O5S. The van der Waals surface area contributed by atoms with Gasteiger partial charge in [-0.3, -0.25) is 9.69 Å². The molecule has 11 heteroatoms. The highest BCUT2D eigenvalue weighted by molar-refractivity contribution is 7.89. The first-order chi connectivity index (χ1) is 15.7. The van der Waals surface area contributed by atoms with Crippen molar-refractivity contribution in [3.63, 3.8) is 0 Å². The van der Waals surface area contributed by atoms with E-state index in [1.54, 1.807) is 36.2 Å². The third kappa shape index (κ3) is 6.62. The van der Waals surface area contributed by atoms with Crippen LogP contribution >= 0.6 is 0 Å². The Morgan fingerprint density at radius 1 is 1.12 bits per heavy atom. The molecule has 1 N–H and O–H groups in total. The number of carbonyl (C=O) groups is 1. The lowest BCUT2D eigenvalue weighted by molar-refractivity contribution is -0.117. The first-order valence-corrected chi connectivity index (χ1v) is 11.8. The number of sulfonamides is 1. The number of carbonyl (C=O) groups excluding carboxylic acids is 1. The van der Waals surface area contributed by atoms with Crippen molar-refractivity contribution in [2.24, 2.45) is 0 Å². The highest BCUT2D eigenvalue weighted by atomic mass is 32.2. The fourth-order valence-electron chi connectivity index (χ4n) is 3.60. The third-order valence-electron chi connectivity index (χ3n) is 5.15. The molecule has 1 saturated heterocycles. The van der Waals surface area contributed by atoms with Gasteiger partial charge >= 0.3 is 6.61 Å². The summed E-state index contributed by atoms with van der Waals surface area (Å²) >= 11 is 0. The molecule has 0 aromatic heterocycles. The predicted octanol–water partition coefficient (Wildman–Crippen LogP) is 3.15. The molecule has 2 aromatic rings. The number of halogens is 2. The standard InChI is InChI=1S/C22H27F2N3O5S/c1-26(14-16-5-10-19(32-22(23)24)20(13-16)31-2)15-21(28)25-17-6-8-18(9-7-17)33(29,30)27-11-3-4-12-27/h5-10,13,22H,3-4,11-12,14-15H2,1-2H3,(H,25,28). The van der Waals surface area contributed by atoms with Crippen molar-refractivity contribution in [2.75, 3.05) is 39.1 Å². The van der Waals surface area contributed by atoms with Crippen LogP contribution in [0.25, 0.3) is 0 Å². The highest BCUT2D eigenvalue weighted by Crippen LogP contribution is 2.30. The van der Waals surface area contributed by atoms with E-state index in [-0.39, 0.29) is 28.8 Å². The van der Waals surface area contributed by atoms with Gasteiger partial charge in [-0.2, -0.15) is 13.1 Å². The lowest BCUT2D eigenvalue weighted by Gasteiger charge is -2.18. The van der Waals surface area contributed by atoms with E-state index >= 15 is 0 Å². The average molecular weight is 484 g/mol. The van der Waals surface area contributed by atoms with E-state index in [2.05, 4.69) is 10.1 Å². The van der Waals surface area contributed by atoms with Gasteiger partial charge in [0.15, 0.2) is 11.5 Å². The molecule has 0 unspecified atom stereocenters. The van der Waals surface area contributed by atoms with Crippen LogP contribution in [0.5, 0.6) is 11.5 Å². The number of nitrogens with one attached hydrogen (secondary N) is 1. The first-order valence-electron chi connectivity index (χ1n) is 10.4. The summed E-state index contributed by atoms with van der Waals surface area (Å²) in [6.45, 7) is -1.47. The Hall–Kier alpha value is -2.76. The highest BCUT2D eigenvalue weighted by Gasteiger charge is 2.27. The second kappa shape index (κ2) is 10.9. The number of alkyl halides is 2. The average Bonchev–Trinajstić information content (AvgIpc) is 3.30. The van der Waals surface area contributed by atoms with Gasteiger partial charge in [-0.25, -0.2) is 8.42 Å². The summed E-state index contributed by atoms with van der Waals surface area (Å²) in [5.74, 6) is -0.168. The Balaban J connectivity index is 1.55. The molecule has 180 valence electrons. The second-order valence-corrected chi connectivity index (χ2v) is 9.66. The van der Waals surface area contributed by atoms with Gasteiger partial charge in [0.25, 0.3) is 0 Å². The molecule has 0 saturated carbocycles. The van der Waals surface area contributed by atoms with Crippen LogP contribution in [-0.4, -0.2) is 63.9 Å². The van der Waals surface area contributed by atoms with Gasteiger partial charge in [0, 0.05) is 25.3 Å². The van der Waals surface area contributed by atoms with Gasteiger partial charge in [-0.15, -0.1) is 0 Å². The maximum absolute atomic E-state index is 12.6. The van der Waals surface area contributed by atoms with Crippen LogP contribution in [0.3, 0.4) is 0 Å². The van der Waals surface area contributed by atoms with Gasteiger partial charge in [0.05, 0.1) is 18.6 Å². The molecule has 3 rings (SSSR count). The van der Waals surface area contributed by atoms with Crippen molar-refractivity contribution < 1.29 is 31.5 Å². The molecule has 8 nitrogen and oxygen atoms in total. The van der Waals surface area contributed by atoms with E-state index in [0.29, 0.717) is 25.3 Å². The zero-order valence-corrected chi connectivity index (χ0v) is 19.3. The molecule has 1 amide bonds. The lowest BCUT2D eigenvalue weighted by Crippen LogP contribution is -2.30. The number of anilines is 1. The van der Waals surface area contributed by atoms with Crippen molar-refractivity contribution in [3.05, 3.63) is 48.0 Å². The molecule has 1 aliphatic heterocycles. The quantitative estimate of drug-likeness (QED) is 0.559. The van der Waals surface area contributed by atoms with Crippen LogP contribution in [0.2, 0.25) is 0 Å². The number of amides is 1. The number of benzene rings is 2. The maximum atomic E-state index is 12.6. The van der Waals surface area contributed by atoms with Crippen molar-refractivity contribution >= 4 is 21.6 Å². The van der Waals surface area contributed by atoms with Crippen LogP contribution in [-0.2, 0) is 21.4 Å².